The molecule has 0 aromatic heterocycles. The molecule has 0 N–H and O–H groups in total. The summed E-state index contributed by atoms with van der Waals surface area (Å²) >= 11 is 0. The van der Waals surface area contributed by atoms with E-state index in [9.17, 15) is 4.79 Å². The fourth-order valence-electron chi connectivity index (χ4n) is 2.10. The van der Waals surface area contributed by atoms with Gasteiger partial charge >= 0.3 is 0 Å². The Morgan fingerprint density at radius 3 is 3.23 bits per heavy atom. The third kappa shape index (κ3) is 0.763. The fourth-order valence-corrected chi connectivity index (χ4v) is 2.10. The molecule has 0 spiro atoms. The van der Waals surface area contributed by atoms with E-state index < -0.39 is 0 Å². The number of nitrogens with zero attached hydrogens (tertiary/aromatic N) is 2. The van der Waals surface area contributed by atoms with E-state index in [1.165, 1.54) is 0 Å². The minimum Gasteiger partial charge on any atom is -0.272 e. The summed E-state index contributed by atoms with van der Waals surface area (Å²) in [4.78, 5) is 11.8. The van der Waals surface area contributed by atoms with E-state index in [4.69, 9.17) is 0 Å². The molecule has 3 aliphatic rings. The lowest BCUT2D eigenvalue weighted by atomic mass is 9.97. The molecule has 3 heteroatoms. The maximum atomic E-state index is 11.8. The highest BCUT2D eigenvalue weighted by Gasteiger charge is 2.42. The molecular formula is C10H10N2O. The molecule has 66 valence electrons. The molecule has 0 aromatic rings. The van der Waals surface area contributed by atoms with Gasteiger partial charge < -0.3 is 0 Å². The van der Waals surface area contributed by atoms with Gasteiger partial charge in [-0.25, -0.2) is 5.01 Å². The van der Waals surface area contributed by atoms with Crippen LogP contribution >= 0.6 is 0 Å². The number of rotatable bonds is 0. The molecule has 1 aliphatic carbocycles. The Bertz CT molecular complexity index is 354. The molecule has 1 unspecified atom stereocenters. The number of amides is 1. The zero-order valence-corrected chi connectivity index (χ0v) is 7.18. The van der Waals surface area contributed by atoms with Gasteiger partial charge in [-0.2, -0.15) is 0 Å². The lowest BCUT2D eigenvalue weighted by Crippen LogP contribution is -2.31. The minimum atomic E-state index is 0.0787. The molecular weight excluding hydrogens is 164 g/mol. The van der Waals surface area contributed by atoms with Crippen molar-refractivity contribution in [3.63, 3.8) is 0 Å². The third-order valence-corrected chi connectivity index (χ3v) is 2.73. The summed E-state index contributed by atoms with van der Waals surface area (Å²) in [5.41, 5.74) is 1.13. The average Bonchev–Trinajstić information content (AvgIpc) is 2.72. The zero-order valence-electron chi connectivity index (χ0n) is 7.18. The highest BCUT2D eigenvalue weighted by Crippen LogP contribution is 2.36. The van der Waals surface area contributed by atoms with E-state index in [2.05, 4.69) is 6.08 Å². The van der Waals surface area contributed by atoms with E-state index in [0.717, 1.165) is 18.7 Å². The molecule has 0 radical (unpaired) electrons. The van der Waals surface area contributed by atoms with Crippen LogP contribution in [0.1, 0.15) is 6.42 Å². The van der Waals surface area contributed by atoms with Gasteiger partial charge in [-0.15, -0.1) is 0 Å². The Balaban J connectivity index is 2.07. The first-order valence-corrected chi connectivity index (χ1v) is 4.52. The lowest BCUT2D eigenvalue weighted by Gasteiger charge is -2.20. The zero-order chi connectivity index (χ0) is 8.84. The lowest BCUT2D eigenvalue weighted by molar-refractivity contribution is -0.135. The topological polar surface area (TPSA) is 23.6 Å². The summed E-state index contributed by atoms with van der Waals surface area (Å²) in [6, 6.07) is 0. The smallest absolute Gasteiger partial charge is 0.251 e. The van der Waals surface area contributed by atoms with E-state index in [0.29, 0.717) is 0 Å². The van der Waals surface area contributed by atoms with Crippen LogP contribution in [0.2, 0.25) is 0 Å². The van der Waals surface area contributed by atoms with Crippen LogP contribution in [0.4, 0.5) is 0 Å². The Morgan fingerprint density at radius 2 is 2.31 bits per heavy atom. The van der Waals surface area contributed by atoms with Crippen LogP contribution in [0.3, 0.4) is 0 Å². The molecule has 1 saturated heterocycles. The van der Waals surface area contributed by atoms with E-state index in [1.54, 1.807) is 5.01 Å². The molecule has 13 heavy (non-hydrogen) atoms. The van der Waals surface area contributed by atoms with Crippen LogP contribution in [0.25, 0.3) is 0 Å². The van der Waals surface area contributed by atoms with Crippen molar-refractivity contribution in [3.05, 3.63) is 36.2 Å². The highest BCUT2D eigenvalue weighted by molar-refractivity contribution is 5.85. The second-order valence-electron chi connectivity index (χ2n) is 3.46. The molecule has 2 aliphatic heterocycles. The predicted molar refractivity (Wildman–Crippen MR) is 48.0 cm³/mol. The number of carbonyl (C=O) groups is 1. The van der Waals surface area contributed by atoms with Crippen molar-refractivity contribution in [3.8, 4) is 0 Å². The Labute approximate surface area is 76.6 Å². The SMILES string of the molecule is O=C1C2CC=CC=C2N2C=CCN12. The fraction of sp³-hybridized carbons (Fsp3) is 0.300. The summed E-state index contributed by atoms with van der Waals surface area (Å²) in [6.07, 6.45) is 10.9. The molecule has 1 amide bonds. The van der Waals surface area contributed by atoms with E-state index >= 15 is 0 Å². The van der Waals surface area contributed by atoms with Gasteiger partial charge in [0, 0.05) is 6.20 Å². The van der Waals surface area contributed by atoms with E-state index in [1.807, 2.05) is 29.4 Å². The second kappa shape index (κ2) is 2.25. The Hall–Kier alpha value is -1.51. The van der Waals surface area contributed by atoms with Gasteiger partial charge in [0.15, 0.2) is 0 Å². The number of carbonyl (C=O) groups excluding carboxylic acids is 1. The van der Waals surface area contributed by atoms with Crippen LogP contribution in [0.5, 0.6) is 0 Å². The summed E-state index contributed by atoms with van der Waals surface area (Å²) in [5, 5.41) is 3.76. The van der Waals surface area contributed by atoms with Crippen LogP contribution in [-0.4, -0.2) is 22.5 Å². The quantitative estimate of drug-likeness (QED) is 0.547. The molecule has 3 rings (SSSR count). The molecule has 3 nitrogen and oxygen atoms in total. The van der Waals surface area contributed by atoms with Gasteiger partial charge in [0.1, 0.15) is 0 Å². The maximum absolute atomic E-state index is 11.8. The molecule has 0 bridgehead atoms. The second-order valence-corrected chi connectivity index (χ2v) is 3.46. The standard InChI is InChI=1S/C10H10N2O/c13-10-8-4-1-2-5-9(8)11-6-3-7-12(10)11/h1-3,5-6,8H,4,7H2. The van der Waals surface area contributed by atoms with Crippen molar-refractivity contribution in [1.82, 2.24) is 10.0 Å². The predicted octanol–water partition coefficient (Wildman–Crippen LogP) is 1.03. The van der Waals surface area contributed by atoms with Crippen LogP contribution in [0.15, 0.2) is 36.2 Å². The molecule has 1 fully saturated rings. The summed E-state index contributed by atoms with van der Waals surface area (Å²) in [6.45, 7) is 0.729. The summed E-state index contributed by atoms with van der Waals surface area (Å²) < 4.78 is 0. The molecule has 2 heterocycles. The highest BCUT2D eigenvalue weighted by atomic mass is 16.2. The van der Waals surface area contributed by atoms with Gasteiger partial charge in [-0.3, -0.25) is 9.80 Å². The van der Waals surface area contributed by atoms with Gasteiger partial charge in [0.2, 0.25) is 0 Å². The normalized spacial score (nSPS) is 29.4. The van der Waals surface area contributed by atoms with Gasteiger partial charge in [-0.1, -0.05) is 12.2 Å². The Kier molecular flexibility index (Phi) is 1.20. The van der Waals surface area contributed by atoms with Crippen molar-refractivity contribution in [2.75, 3.05) is 6.54 Å². The van der Waals surface area contributed by atoms with Crippen molar-refractivity contribution >= 4 is 5.91 Å². The third-order valence-electron chi connectivity index (χ3n) is 2.73. The largest absolute Gasteiger partial charge is 0.272 e. The maximum Gasteiger partial charge on any atom is 0.251 e. The van der Waals surface area contributed by atoms with Crippen LogP contribution in [0, 0.1) is 5.92 Å². The van der Waals surface area contributed by atoms with Crippen molar-refractivity contribution < 1.29 is 4.79 Å². The van der Waals surface area contributed by atoms with Gasteiger partial charge in [0.05, 0.1) is 18.2 Å². The number of fused-ring (bicyclic) bond motifs is 3. The van der Waals surface area contributed by atoms with Crippen LogP contribution in [-0.2, 0) is 4.79 Å². The number of hydrogen-bond acceptors (Lipinski definition) is 2. The van der Waals surface area contributed by atoms with Crippen LogP contribution < -0.4 is 0 Å². The summed E-state index contributed by atoms with van der Waals surface area (Å²) in [7, 11) is 0. The van der Waals surface area contributed by atoms with Crippen molar-refractivity contribution in [2.24, 2.45) is 5.92 Å². The van der Waals surface area contributed by atoms with Gasteiger partial charge in [-0.05, 0) is 18.6 Å². The van der Waals surface area contributed by atoms with E-state index in [-0.39, 0.29) is 11.8 Å². The minimum absolute atomic E-state index is 0.0787. The van der Waals surface area contributed by atoms with Crippen molar-refractivity contribution in [1.29, 1.82) is 0 Å². The molecule has 0 aromatic carbocycles. The van der Waals surface area contributed by atoms with Gasteiger partial charge in [0.25, 0.3) is 5.91 Å². The first-order chi connectivity index (χ1) is 6.38. The number of hydrogen-bond donors (Lipinski definition) is 0. The average molecular weight is 174 g/mol. The first kappa shape index (κ1) is 6.95. The monoisotopic (exact) mass is 174 g/mol. The first-order valence-electron chi connectivity index (χ1n) is 4.52. The Morgan fingerprint density at radius 1 is 1.38 bits per heavy atom. The molecule has 0 saturated carbocycles. The van der Waals surface area contributed by atoms with Crippen molar-refractivity contribution in [2.45, 2.75) is 6.42 Å². The molecule has 1 atom stereocenters. The number of allylic oxidation sites excluding steroid dienone is 3. The number of hydrazine groups is 1. The summed E-state index contributed by atoms with van der Waals surface area (Å²) in [5.74, 6) is 0.315.